The van der Waals surface area contributed by atoms with E-state index in [0.717, 1.165) is 11.1 Å². The maximum Gasteiger partial charge on any atom is 0.338 e. The smallest absolute Gasteiger partial charge is 0.338 e. The molecule has 0 heterocycles. The minimum Gasteiger partial charge on any atom is -0.456 e. The van der Waals surface area contributed by atoms with E-state index < -0.39 is 5.97 Å². The molecule has 0 unspecified atom stereocenters. The number of carbonyl (C=O) groups is 2. The van der Waals surface area contributed by atoms with Gasteiger partial charge in [0.05, 0.1) is 11.1 Å². The Balaban J connectivity index is 1.71. The van der Waals surface area contributed by atoms with Crippen molar-refractivity contribution in [3.05, 3.63) is 94.0 Å². The first-order chi connectivity index (χ1) is 14.9. The van der Waals surface area contributed by atoms with Gasteiger partial charge in [-0.1, -0.05) is 24.3 Å². The van der Waals surface area contributed by atoms with Crippen LogP contribution in [0.1, 0.15) is 43.0 Å². The highest BCUT2D eigenvalue weighted by atomic mass is 16.5. The van der Waals surface area contributed by atoms with Gasteiger partial charge in [-0.25, -0.2) is 4.79 Å². The molecular weight excluding hydrogens is 392 g/mol. The van der Waals surface area contributed by atoms with Crippen LogP contribution in [-0.2, 0) is 4.74 Å². The lowest BCUT2D eigenvalue weighted by Crippen LogP contribution is -2.14. The predicted octanol–water partition coefficient (Wildman–Crippen LogP) is 4.88. The molecule has 0 saturated carbocycles. The minimum atomic E-state index is -0.672. The number of hydrogen-bond donors (Lipinski definition) is 0. The van der Waals surface area contributed by atoms with Gasteiger partial charge in [-0.15, -0.1) is 0 Å². The molecule has 0 atom stereocenters. The largest absolute Gasteiger partial charge is 0.456 e. The van der Waals surface area contributed by atoms with Gasteiger partial charge in [0, 0.05) is 5.56 Å². The highest BCUT2D eigenvalue weighted by molar-refractivity contribution is 5.99. The lowest BCUT2D eigenvalue weighted by atomic mass is 10.0. The number of carbonyl (C=O) groups excluding carboxylic acids is 2. The lowest BCUT2D eigenvalue weighted by Gasteiger charge is -2.10. The highest BCUT2D eigenvalue weighted by Gasteiger charge is 2.15. The molecule has 0 aliphatic rings. The first-order valence-electron chi connectivity index (χ1n) is 9.41. The van der Waals surface area contributed by atoms with E-state index in [0.29, 0.717) is 11.3 Å². The van der Waals surface area contributed by atoms with E-state index in [4.69, 9.17) is 14.7 Å². The molecule has 31 heavy (non-hydrogen) atoms. The van der Waals surface area contributed by atoms with E-state index >= 15 is 0 Å². The summed E-state index contributed by atoms with van der Waals surface area (Å²) in [7, 11) is 0. The standard InChI is InChI=1S/C25H18N2O4/c1-16-9-10-18(11-17(16)2)23(28)15-30-25(29)19-5-3-7-21(12-19)31-24-8-4-6-20(13-26)22(24)14-27/h3-12H,15H2,1-2H3. The van der Waals surface area contributed by atoms with Crippen molar-refractivity contribution in [2.45, 2.75) is 13.8 Å². The maximum absolute atomic E-state index is 12.4. The summed E-state index contributed by atoms with van der Waals surface area (Å²) in [5.74, 6) is -0.469. The minimum absolute atomic E-state index is 0.108. The van der Waals surface area contributed by atoms with Gasteiger partial charge in [-0.05, 0) is 61.4 Å². The number of hydrogen-bond acceptors (Lipinski definition) is 6. The molecule has 0 spiro atoms. The first kappa shape index (κ1) is 21.3. The van der Waals surface area contributed by atoms with Gasteiger partial charge in [0.15, 0.2) is 12.4 Å². The predicted molar refractivity (Wildman–Crippen MR) is 113 cm³/mol. The van der Waals surface area contributed by atoms with Gasteiger partial charge >= 0.3 is 5.97 Å². The average molecular weight is 410 g/mol. The van der Waals surface area contributed by atoms with Crippen LogP contribution in [0.3, 0.4) is 0 Å². The Kier molecular flexibility index (Phi) is 6.45. The molecule has 0 fully saturated rings. The molecule has 3 rings (SSSR count). The summed E-state index contributed by atoms with van der Waals surface area (Å²) in [6.45, 7) is 3.48. The van der Waals surface area contributed by atoms with E-state index in [1.165, 1.54) is 18.2 Å². The highest BCUT2D eigenvalue weighted by Crippen LogP contribution is 2.27. The molecule has 0 aliphatic carbocycles. The number of esters is 1. The van der Waals surface area contributed by atoms with E-state index in [1.807, 2.05) is 32.1 Å². The normalized spacial score (nSPS) is 9.94. The van der Waals surface area contributed by atoms with Crippen LogP contribution in [0.4, 0.5) is 0 Å². The van der Waals surface area contributed by atoms with Crippen molar-refractivity contribution in [1.29, 1.82) is 10.5 Å². The summed E-state index contributed by atoms with van der Waals surface area (Å²) in [6.07, 6.45) is 0. The monoisotopic (exact) mass is 410 g/mol. The molecule has 6 nitrogen and oxygen atoms in total. The van der Waals surface area contributed by atoms with E-state index in [9.17, 15) is 14.9 Å². The number of aryl methyl sites for hydroxylation is 2. The molecule has 0 amide bonds. The number of rotatable bonds is 6. The van der Waals surface area contributed by atoms with E-state index in [2.05, 4.69) is 0 Å². The van der Waals surface area contributed by atoms with Gasteiger partial charge in [0.25, 0.3) is 0 Å². The summed E-state index contributed by atoms with van der Waals surface area (Å²) in [6, 6.07) is 20.1. The van der Waals surface area contributed by atoms with Crippen LogP contribution in [0.15, 0.2) is 60.7 Å². The Morgan fingerprint density at radius 3 is 2.35 bits per heavy atom. The molecule has 6 heteroatoms. The first-order valence-corrected chi connectivity index (χ1v) is 9.41. The molecular formula is C25H18N2O4. The van der Waals surface area contributed by atoms with Crippen LogP contribution in [0.25, 0.3) is 0 Å². The van der Waals surface area contributed by atoms with Crippen LogP contribution in [0, 0.1) is 36.5 Å². The summed E-state index contributed by atoms with van der Waals surface area (Å²) in [5.41, 5.74) is 3.04. The van der Waals surface area contributed by atoms with Crippen molar-refractivity contribution in [1.82, 2.24) is 0 Å². The van der Waals surface area contributed by atoms with Gasteiger partial charge < -0.3 is 9.47 Å². The van der Waals surface area contributed by atoms with Crippen molar-refractivity contribution in [3.8, 4) is 23.6 Å². The van der Waals surface area contributed by atoms with Gasteiger partial charge in [-0.3, -0.25) is 4.79 Å². The number of ether oxygens (including phenoxy) is 2. The van der Waals surface area contributed by atoms with Gasteiger partial charge in [0.1, 0.15) is 29.2 Å². The van der Waals surface area contributed by atoms with Crippen LogP contribution in [-0.4, -0.2) is 18.4 Å². The van der Waals surface area contributed by atoms with Gasteiger partial charge in [0.2, 0.25) is 0 Å². The van der Waals surface area contributed by atoms with Gasteiger partial charge in [-0.2, -0.15) is 10.5 Å². The third kappa shape index (κ3) is 4.95. The zero-order valence-electron chi connectivity index (χ0n) is 17.0. The van der Waals surface area contributed by atoms with Crippen molar-refractivity contribution >= 4 is 11.8 Å². The number of nitrogens with zero attached hydrogens (tertiary/aromatic N) is 2. The van der Waals surface area contributed by atoms with Crippen LogP contribution < -0.4 is 4.74 Å². The van der Waals surface area contributed by atoms with Crippen molar-refractivity contribution in [3.63, 3.8) is 0 Å². The molecule has 152 valence electrons. The number of ketones is 1. The number of nitriles is 2. The summed E-state index contributed by atoms with van der Waals surface area (Å²) in [5, 5.41) is 18.4. The summed E-state index contributed by atoms with van der Waals surface area (Å²) < 4.78 is 10.9. The molecule has 0 aliphatic heterocycles. The summed E-state index contributed by atoms with van der Waals surface area (Å²) in [4.78, 5) is 24.7. The van der Waals surface area contributed by atoms with Crippen molar-refractivity contribution in [2.75, 3.05) is 6.61 Å². The number of Topliss-reactive ketones (excluding diaryl/α,β-unsaturated/α-hetero) is 1. The fourth-order valence-electron chi connectivity index (χ4n) is 2.85. The average Bonchev–Trinajstić information content (AvgIpc) is 2.79. The fourth-order valence-corrected chi connectivity index (χ4v) is 2.85. The van der Waals surface area contributed by atoms with Crippen LogP contribution in [0.5, 0.6) is 11.5 Å². The Morgan fingerprint density at radius 1 is 0.871 bits per heavy atom. The van der Waals surface area contributed by atoms with Crippen LogP contribution >= 0.6 is 0 Å². The Bertz CT molecular complexity index is 1250. The quantitative estimate of drug-likeness (QED) is 0.424. The second-order valence-corrected chi connectivity index (χ2v) is 6.83. The Morgan fingerprint density at radius 2 is 1.65 bits per heavy atom. The molecule has 3 aromatic carbocycles. The maximum atomic E-state index is 12.4. The fraction of sp³-hybridized carbons (Fsp3) is 0.120. The second kappa shape index (κ2) is 9.39. The number of benzene rings is 3. The molecule has 0 aromatic heterocycles. The SMILES string of the molecule is Cc1ccc(C(=O)COC(=O)c2cccc(Oc3cccc(C#N)c3C#N)c2)cc1C. The topological polar surface area (TPSA) is 100 Å². The Labute approximate surface area is 179 Å². The third-order valence-electron chi connectivity index (χ3n) is 4.72. The molecule has 0 bridgehead atoms. The zero-order chi connectivity index (χ0) is 22.4. The molecule has 0 saturated heterocycles. The van der Waals surface area contributed by atoms with E-state index in [1.54, 1.807) is 36.4 Å². The van der Waals surface area contributed by atoms with Crippen molar-refractivity contribution in [2.24, 2.45) is 0 Å². The Hall–Kier alpha value is -4.42. The third-order valence-corrected chi connectivity index (χ3v) is 4.72. The molecule has 3 aromatic rings. The molecule has 0 N–H and O–H groups in total. The molecule has 0 radical (unpaired) electrons. The van der Waals surface area contributed by atoms with E-state index in [-0.39, 0.29) is 34.8 Å². The lowest BCUT2D eigenvalue weighted by molar-refractivity contribution is 0.0474. The van der Waals surface area contributed by atoms with Crippen LogP contribution in [0.2, 0.25) is 0 Å². The summed E-state index contributed by atoms with van der Waals surface area (Å²) >= 11 is 0. The second-order valence-electron chi connectivity index (χ2n) is 6.83. The van der Waals surface area contributed by atoms with Crippen molar-refractivity contribution < 1.29 is 19.1 Å². The zero-order valence-corrected chi connectivity index (χ0v) is 17.0.